The SMILES string of the molecule is O=C(CN1C(=O)c2cccc(F)c2C1=O)N1CCN(C(=O)c2ccco2)CC1. The van der Waals surface area contributed by atoms with Crippen LogP contribution in [0.15, 0.2) is 41.0 Å². The van der Waals surface area contributed by atoms with Crippen molar-refractivity contribution in [3.63, 3.8) is 0 Å². The minimum atomic E-state index is -0.807. The number of hydrogen-bond donors (Lipinski definition) is 0. The molecule has 1 saturated heterocycles. The van der Waals surface area contributed by atoms with Crippen molar-refractivity contribution in [1.82, 2.24) is 14.7 Å². The van der Waals surface area contributed by atoms with Crippen LogP contribution in [0.5, 0.6) is 0 Å². The highest BCUT2D eigenvalue weighted by Crippen LogP contribution is 2.25. The molecular formula is C19H16FN3O5. The molecule has 0 aliphatic carbocycles. The van der Waals surface area contributed by atoms with E-state index in [2.05, 4.69) is 0 Å². The maximum Gasteiger partial charge on any atom is 0.289 e. The third-order valence-electron chi connectivity index (χ3n) is 4.89. The van der Waals surface area contributed by atoms with Crippen molar-refractivity contribution in [2.45, 2.75) is 0 Å². The molecule has 0 N–H and O–H groups in total. The van der Waals surface area contributed by atoms with E-state index in [9.17, 15) is 23.6 Å². The summed E-state index contributed by atoms with van der Waals surface area (Å²) in [5.41, 5.74) is -0.333. The van der Waals surface area contributed by atoms with Crippen molar-refractivity contribution in [3.05, 3.63) is 59.3 Å². The van der Waals surface area contributed by atoms with Crippen molar-refractivity contribution < 1.29 is 28.0 Å². The Morgan fingerprint density at radius 1 is 0.964 bits per heavy atom. The lowest BCUT2D eigenvalue weighted by Gasteiger charge is -2.34. The average Bonchev–Trinajstić information content (AvgIpc) is 3.32. The van der Waals surface area contributed by atoms with Crippen molar-refractivity contribution in [2.24, 2.45) is 0 Å². The summed E-state index contributed by atoms with van der Waals surface area (Å²) < 4.78 is 19.0. The van der Waals surface area contributed by atoms with E-state index in [-0.39, 0.29) is 35.9 Å². The number of rotatable bonds is 3. The van der Waals surface area contributed by atoms with Gasteiger partial charge in [-0.2, -0.15) is 0 Å². The van der Waals surface area contributed by atoms with Gasteiger partial charge >= 0.3 is 0 Å². The largest absolute Gasteiger partial charge is 0.459 e. The topological polar surface area (TPSA) is 91.1 Å². The molecule has 0 unspecified atom stereocenters. The number of fused-ring (bicyclic) bond motifs is 1. The van der Waals surface area contributed by atoms with Crippen LogP contribution in [0, 0.1) is 5.82 Å². The van der Waals surface area contributed by atoms with E-state index >= 15 is 0 Å². The molecule has 3 heterocycles. The number of piperazine rings is 1. The number of amides is 4. The molecule has 8 nitrogen and oxygen atoms in total. The van der Waals surface area contributed by atoms with Gasteiger partial charge in [0.05, 0.1) is 17.4 Å². The summed E-state index contributed by atoms with van der Waals surface area (Å²) in [6.07, 6.45) is 1.41. The van der Waals surface area contributed by atoms with Gasteiger partial charge in [-0.05, 0) is 24.3 Å². The van der Waals surface area contributed by atoms with Crippen LogP contribution in [0.4, 0.5) is 4.39 Å². The Kier molecular flexibility index (Phi) is 4.42. The monoisotopic (exact) mass is 385 g/mol. The van der Waals surface area contributed by atoms with Crippen LogP contribution in [0.3, 0.4) is 0 Å². The van der Waals surface area contributed by atoms with Crippen LogP contribution in [-0.4, -0.2) is 71.1 Å². The smallest absolute Gasteiger partial charge is 0.289 e. The number of hydrogen-bond acceptors (Lipinski definition) is 5. The van der Waals surface area contributed by atoms with E-state index in [4.69, 9.17) is 4.42 Å². The summed E-state index contributed by atoms with van der Waals surface area (Å²) in [7, 11) is 0. The third-order valence-corrected chi connectivity index (χ3v) is 4.89. The second kappa shape index (κ2) is 6.91. The van der Waals surface area contributed by atoms with E-state index in [0.717, 1.165) is 11.0 Å². The lowest BCUT2D eigenvalue weighted by Crippen LogP contribution is -2.53. The van der Waals surface area contributed by atoms with Crippen molar-refractivity contribution in [1.29, 1.82) is 0 Å². The van der Waals surface area contributed by atoms with E-state index in [1.165, 1.54) is 23.3 Å². The Morgan fingerprint density at radius 2 is 1.68 bits per heavy atom. The zero-order valence-electron chi connectivity index (χ0n) is 14.8. The highest BCUT2D eigenvalue weighted by molar-refractivity contribution is 6.22. The summed E-state index contributed by atoms with van der Waals surface area (Å²) in [4.78, 5) is 53.3. The lowest BCUT2D eigenvalue weighted by molar-refractivity contribution is -0.132. The van der Waals surface area contributed by atoms with Gasteiger partial charge in [-0.25, -0.2) is 4.39 Å². The van der Waals surface area contributed by atoms with Crippen LogP contribution < -0.4 is 0 Å². The quantitative estimate of drug-likeness (QED) is 0.735. The highest BCUT2D eigenvalue weighted by atomic mass is 19.1. The Bertz CT molecular complexity index is 964. The van der Waals surface area contributed by atoms with Gasteiger partial charge in [0.2, 0.25) is 5.91 Å². The van der Waals surface area contributed by atoms with Gasteiger partial charge < -0.3 is 14.2 Å². The zero-order valence-corrected chi connectivity index (χ0v) is 14.8. The first-order chi connectivity index (χ1) is 13.5. The average molecular weight is 385 g/mol. The number of nitrogens with zero attached hydrogens (tertiary/aromatic N) is 3. The van der Waals surface area contributed by atoms with Gasteiger partial charge in [0.1, 0.15) is 12.4 Å². The molecule has 4 amide bonds. The minimum Gasteiger partial charge on any atom is -0.459 e. The van der Waals surface area contributed by atoms with Crippen LogP contribution >= 0.6 is 0 Å². The molecule has 0 bridgehead atoms. The second-order valence-corrected chi connectivity index (χ2v) is 6.51. The molecule has 28 heavy (non-hydrogen) atoms. The first-order valence-corrected chi connectivity index (χ1v) is 8.72. The van der Waals surface area contributed by atoms with Crippen LogP contribution in [0.2, 0.25) is 0 Å². The van der Waals surface area contributed by atoms with Crippen LogP contribution in [-0.2, 0) is 4.79 Å². The van der Waals surface area contributed by atoms with E-state index in [1.54, 1.807) is 17.0 Å². The lowest BCUT2D eigenvalue weighted by atomic mass is 10.1. The first kappa shape index (κ1) is 17.9. The van der Waals surface area contributed by atoms with E-state index in [0.29, 0.717) is 13.1 Å². The van der Waals surface area contributed by atoms with Crippen molar-refractivity contribution >= 4 is 23.6 Å². The number of halogens is 1. The van der Waals surface area contributed by atoms with E-state index < -0.39 is 30.1 Å². The highest BCUT2D eigenvalue weighted by Gasteiger charge is 2.39. The molecule has 2 aromatic rings. The summed E-state index contributed by atoms with van der Waals surface area (Å²) in [6.45, 7) is 0.688. The molecule has 0 saturated carbocycles. The number of carbonyl (C=O) groups excluding carboxylic acids is 4. The Morgan fingerprint density at radius 3 is 2.32 bits per heavy atom. The molecule has 9 heteroatoms. The Balaban J connectivity index is 1.38. The fraction of sp³-hybridized carbons (Fsp3) is 0.263. The molecule has 4 rings (SSSR count). The Labute approximate surface area is 159 Å². The van der Waals surface area contributed by atoms with Gasteiger partial charge in [0.15, 0.2) is 5.76 Å². The van der Waals surface area contributed by atoms with Crippen LogP contribution in [0.1, 0.15) is 31.3 Å². The number of imide groups is 1. The molecule has 1 aromatic heterocycles. The number of benzene rings is 1. The van der Waals surface area contributed by atoms with Gasteiger partial charge in [-0.1, -0.05) is 6.07 Å². The summed E-state index contributed by atoms with van der Waals surface area (Å²) >= 11 is 0. The maximum absolute atomic E-state index is 13.9. The van der Waals surface area contributed by atoms with Gasteiger partial charge in [-0.3, -0.25) is 24.1 Å². The second-order valence-electron chi connectivity index (χ2n) is 6.51. The summed E-state index contributed by atoms with van der Waals surface area (Å²) in [5.74, 6) is -2.73. The predicted octanol–water partition coefficient (Wildman–Crippen LogP) is 0.999. The standard InChI is InChI=1S/C19H16FN3O5/c20-13-4-1-3-12-16(13)19(27)23(17(12)25)11-15(24)21-6-8-22(9-7-21)18(26)14-5-2-10-28-14/h1-5,10H,6-9,11H2. The molecule has 1 aromatic carbocycles. The van der Waals surface area contributed by atoms with Gasteiger partial charge in [0.25, 0.3) is 17.7 Å². The molecule has 2 aliphatic rings. The zero-order chi connectivity index (χ0) is 19.8. The number of furan rings is 1. The first-order valence-electron chi connectivity index (χ1n) is 8.72. The molecule has 2 aliphatic heterocycles. The van der Waals surface area contributed by atoms with Gasteiger partial charge in [-0.15, -0.1) is 0 Å². The Hall–Kier alpha value is -3.49. The molecule has 1 fully saturated rings. The summed E-state index contributed by atoms with van der Waals surface area (Å²) in [6, 6.07) is 7.01. The fourth-order valence-corrected chi connectivity index (χ4v) is 3.39. The van der Waals surface area contributed by atoms with Crippen molar-refractivity contribution in [3.8, 4) is 0 Å². The fourth-order valence-electron chi connectivity index (χ4n) is 3.39. The van der Waals surface area contributed by atoms with Gasteiger partial charge in [0, 0.05) is 26.2 Å². The molecule has 0 spiro atoms. The van der Waals surface area contributed by atoms with Crippen molar-refractivity contribution in [2.75, 3.05) is 32.7 Å². The van der Waals surface area contributed by atoms with Crippen LogP contribution in [0.25, 0.3) is 0 Å². The predicted molar refractivity (Wildman–Crippen MR) is 93.0 cm³/mol. The maximum atomic E-state index is 13.9. The number of carbonyl (C=O) groups is 4. The summed E-state index contributed by atoms with van der Waals surface area (Å²) in [5, 5.41) is 0. The normalized spacial score (nSPS) is 16.5. The molecule has 0 atom stereocenters. The minimum absolute atomic E-state index is 0.0355. The van der Waals surface area contributed by atoms with E-state index in [1.807, 2.05) is 0 Å². The molecular weight excluding hydrogens is 369 g/mol. The third kappa shape index (κ3) is 2.94. The molecule has 144 valence electrons. The molecule has 0 radical (unpaired) electrons.